The van der Waals surface area contributed by atoms with Crippen molar-refractivity contribution in [3.63, 3.8) is 0 Å². The Bertz CT molecular complexity index is 812. The molecule has 2 N–H and O–H groups in total. The van der Waals surface area contributed by atoms with E-state index < -0.39 is 0 Å². The Labute approximate surface area is 165 Å². The zero-order valence-electron chi connectivity index (χ0n) is 16.6. The molecule has 1 saturated heterocycles. The summed E-state index contributed by atoms with van der Waals surface area (Å²) in [6, 6.07) is 14.0. The van der Waals surface area contributed by atoms with Gasteiger partial charge in [0.25, 0.3) is 0 Å². The predicted octanol–water partition coefficient (Wildman–Crippen LogP) is 4.25. The number of hydrogen-bond donors (Lipinski definition) is 2. The second-order valence-electron chi connectivity index (χ2n) is 7.43. The monoisotopic (exact) mass is 385 g/mol. The topological polar surface area (TPSA) is 53.6 Å². The molecule has 1 aliphatic rings. The van der Waals surface area contributed by atoms with Crippen LogP contribution in [0, 0.1) is 5.82 Å². The molecule has 2 unspecified atom stereocenters. The van der Waals surface area contributed by atoms with E-state index in [4.69, 9.17) is 4.74 Å². The number of ether oxygens (including phenoxy) is 1. The van der Waals surface area contributed by atoms with Gasteiger partial charge in [0.1, 0.15) is 11.6 Å². The number of hydrogen-bond acceptors (Lipinski definition) is 3. The average molecular weight is 385 g/mol. The molecule has 0 spiro atoms. The van der Waals surface area contributed by atoms with Crippen molar-refractivity contribution < 1.29 is 13.9 Å². The van der Waals surface area contributed by atoms with Gasteiger partial charge in [-0.25, -0.2) is 9.18 Å². The largest absolute Gasteiger partial charge is 0.491 e. The van der Waals surface area contributed by atoms with Crippen LogP contribution in [0.1, 0.15) is 38.8 Å². The molecule has 2 aromatic rings. The Balaban J connectivity index is 1.56. The van der Waals surface area contributed by atoms with E-state index in [-0.39, 0.29) is 30.0 Å². The number of amides is 2. The molecule has 2 atom stereocenters. The first kappa shape index (κ1) is 20.0. The minimum atomic E-state index is -0.233. The van der Waals surface area contributed by atoms with E-state index in [1.165, 1.54) is 6.07 Å². The lowest BCUT2D eigenvalue weighted by molar-refractivity contribution is 0.230. The lowest BCUT2D eigenvalue weighted by atomic mass is 10.1. The fourth-order valence-electron chi connectivity index (χ4n) is 3.51. The van der Waals surface area contributed by atoms with Crippen molar-refractivity contribution in [3.05, 3.63) is 59.9 Å². The average Bonchev–Trinajstić information content (AvgIpc) is 3.10. The Morgan fingerprint density at radius 1 is 1.14 bits per heavy atom. The van der Waals surface area contributed by atoms with Crippen molar-refractivity contribution in [2.24, 2.45) is 0 Å². The number of halogens is 1. The summed E-state index contributed by atoms with van der Waals surface area (Å²) >= 11 is 0. The van der Waals surface area contributed by atoms with E-state index in [9.17, 15) is 9.18 Å². The Morgan fingerprint density at radius 2 is 1.86 bits per heavy atom. The summed E-state index contributed by atoms with van der Waals surface area (Å²) in [5.41, 5.74) is 1.52. The first-order valence-corrected chi connectivity index (χ1v) is 9.76. The summed E-state index contributed by atoms with van der Waals surface area (Å²) in [6.07, 6.45) is 0.841. The fourth-order valence-corrected chi connectivity index (χ4v) is 3.51. The molecule has 0 radical (unpaired) electrons. The number of benzene rings is 2. The molecule has 0 aliphatic carbocycles. The Kier molecular flexibility index (Phi) is 6.39. The molecule has 6 heteroatoms. The van der Waals surface area contributed by atoms with Crippen LogP contribution in [0.15, 0.2) is 48.5 Å². The molecule has 28 heavy (non-hydrogen) atoms. The number of urea groups is 1. The summed E-state index contributed by atoms with van der Waals surface area (Å²) in [6.45, 7) is 7.19. The van der Waals surface area contributed by atoms with E-state index in [2.05, 4.69) is 10.6 Å². The van der Waals surface area contributed by atoms with Crippen LogP contribution in [0.25, 0.3) is 0 Å². The smallest absolute Gasteiger partial charge is 0.315 e. The van der Waals surface area contributed by atoms with Crippen LogP contribution < -0.4 is 20.3 Å². The second kappa shape index (κ2) is 8.95. The molecular weight excluding hydrogens is 357 g/mol. The third-order valence-electron chi connectivity index (χ3n) is 4.81. The van der Waals surface area contributed by atoms with Crippen LogP contribution >= 0.6 is 0 Å². The van der Waals surface area contributed by atoms with Gasteiger partial charge in [-0.05, 0) is 45.4 Å². The number of carbonyl (C=O) groups excluding carboxylic acids is 1. The lowest BCUT2D eigenvalue weighted by Gasteiger charge is -2.22. The summed E-state index contributed by atoms with van der Waals surface area (Å²) < 4.78 is 19.8. The molecule has 5 nitrogen and oxygen atoms in total. The van der Waals surface area contributed by atoms with Crippen molar-refractivity contribution in [3.8, 4) is 5.75 Å². The third-order valence-corrected chi connectivity index (χ3v) is 4.81. The number of nitrogens with zero attached hydrogens (tertiary/aromatic N) is 1. The van der Waals surface area contributed by atoms with E-state index >= 15 is 0 Å². The highest BCUT2D eigenvalue weighted by molar-refractivity contribution is 5.75. The van der Waals surface area contributed by atoms with Crippen molar-refractivity contribution in [1.82, 2.24) is 10.6 Å². The van der Waals surface area contributed by atoms with Gasteiger partial charge in [-0.2, -0.15) is 0 Å². The van der Waals surface area contributed by atoms with Crippen molar-refractivity contribution >= 4 is 11.7 Å². The van der Waals surface area contributed by atoms with Crippen LogP contribution in [0.5, 0.6) is 5.75 Å². The van der Waals surface area contributed by atoms with Crippen molar-refractivity contribution in [1.29, 1.82) is 0 Å². The van der Waals surface area contributed by atoms with Gasteiger partial charge in [0, 0.05) is 24.7 Å². The maximum absolute atomic E-state index is 14.0. The van der Waals surface area contributed by atoms with Crippen LogP contribution in [-0.2, 0) is 0 Å². The summed E-state index contributed by atoms with van der Waals surface area (Å²) in [5, 5.41) is 5.98. The summed E-state index contributed by atoms with van der Waals surface area (Å²) in [5.74, 6) is 0.542. The summed E-state index contributed by atoms with van der Waals surface area (Å²) in [4.78, 5) is 14.4. The van der Waals surface area contributed by atoms with Gasteiger partial charge in [0.05, 0.1) is 17.8 Å². The molecular formula is C22H28FN3O2. The standard InChI is InChI=1S/C22H28FN3O2/c1-15(2)28-21-11-7-4-8-18(21)16(3)24-22(27)25-17-12-13-26(14-17)20-10-6-5-9-19(20)23/h4-11,15-17H,12-14H2,1-3H3,(H2,24,25,27). The lowest BCUT2D eigenvalue weighted by Crippen LogP contribution is -2.44. The van der Waals surface area contributed by atoms with Crippen LogP contribution in [0.4, 0.5) is 14.9 Å². The van der Waals surface area contributed by atoms with Gasteiger partial charge in [0.2, 0.25) is 0 Å². The molecule has 3 rings (SSSR count). The van der Waals surface area contributed by atoms with Crippen molar-refractivity contribution in [2.75, 3.05) is 18.0 Å². The molecule has 1 aliphatic heterocycles. The number of nitrogens with one attached hydrogen (secondary N) is 2. The molecule has 2 aromatic carbocycles. The highest BCUT2D eigenvalue weighted by atomic mass is 19.1. The zero-order valence-corrected chi connectivity index (χ0v) is 16.6. The van der Waals surface area contributed by atoms with Gasteiger partial charge in [-0.1, -0.05) is 30.3 Å². The maximum atomic E-state index is 14.0. The quantitative estimate of drug-likeness (QED) is 0.782. The van der Waals surface area contributed by atoms with E-state index in [0.717, 1.165) is 17.7 Å². The highest BCUT2D eigenvalue weighted by Gasteiger charge is 2.26. The Hall–Kier alpha value is -2.76. The normalized spacial score (nSPS) is 17.5. The van der Waals surface area contributed by atoms with Crippen LogP contribution in [0.3, 0.4) is 0 Å². The first-order chi connectivity index (χ1) is 13.4. The molecule has 1 fully saturated rings. The number of carbonyl (C=O) groups is 1. The SMILES string of the molecule is CC(C)Oc1ccccc1C(C)NC(=O)NC1CCN(c2ccccc2F)C1. The van der Waals surface area contributed by atoms with Crippen molar-refractivity contribution in [2.45, 2.75) is 45.4 Å². The van der Waals surface area contributed by atoms with Crippen LogP contribution in [0.2, 0.25) is 0 Å². The van der Waals surface area contributed by atoms with E-state index in [1.54, 1.807) is 12.1 Å². The van der Waals surface area contributed by atoms with Crippen LogP contribution in [-0.4, -0.2) is 31.3 Å². The van der Waals surface area contributed by atoms with E-state index in [1.807, 2.05) is 56.0 Å². The first-order valence-electron chi connectivity index (χ1n) is 9.76. The Morgan fingerprint density at radius 3 is 2.61 bits per heavy atom. The molecule has 2 amide bonds. The van der Waals surface area contributed by atoms with Gasteiger partial charge in [0.15, 0.2) is 0 Å². The zero-order chi connectivity index (χ0) is 20.1. The molecule has 0 bridgehead atoms. The van der Waals surface area contributed by atoms with Gasteiger partial charge in [-0.15, -0.1) is 0 Å². The number of para-hydroxylation sites is 2. The molecule has 0 saturated carbocycles. The predicted molar refractivity (Wildman–Crippen MR) is 109 cm³/mol. The summed E-state index contributed by atoms with van der Waals surface area (Å²) in [7, 11) is 0. The molecule has 0 aromatic heterocycles. The minimum absolute atomic E-state index is 0.0195. The van der Waals surface area contributed by atoms with Gasteiger partial charge >= 0.3 is 6.03 Å². The number of rotatable bonds is 6. The maximum Gasteiger partial charge on any atom is 0.315 e. The third kappa shape index (κ3) is 4.94. The molecule has 150 valence electrons. The highest BCUT2D eigenvalue weighted by Crippen LogP contribution is 2.26. The van der Waals surface area contributed by atoms with Gasteiger partial charge in [-0.3, -0.25) is 0 Å². The molecule has 1 heterocycles. The second-order valence-corrected chi connectivity index (χ2v) is 7.43. The minimum Gasteiger partial charge on any atom is -0.491 e. The van der Waals surface area contributed by atoms with E-state index in [0.29, 0.717) is 18.8 Å². The fraction of sp³-hybridized carbons (Fsp3) is 0.409. The number of anilines is 1. The van der Waals surface area contributed by atoms with Gasteiger partial charge < -0.3 is 20.3 Å².